The summed E-state index contributed by atoms with van der Waals surface area (Å²) < 4.78 is 13.6. The van der Waals surface area contributed by atoms with Crippen LogP contribution in [0.3, 0.4) is 0 Å². The van der Waals surface area contributed by atoms with Gasteiger partial charge in [0.25, 0.3) is 0 Å². The fourth-order valence-electron chi connectivity index (χ4n) is 1.01. The molecule has 13 heavy (non-hydrogen) atoms. The fraction of sp³-hybridized carbons (Fsp3) is 0.200. The van der Waals surface area contributed by atoms with Crippen molar-refractivity contribution in [2.24, 2.45) is 0 Å². The summed E-state index contributed by atoms with van der Waals surface area (Å²) >= 11 is 2.09. The van der Waals surface area contributed by atoms with E-state index >= 15 is 0 Å². The van der Waals surface area contributed by atoms with Gasteiger partial charge < -0.3 is 4.90 Å². The van der Waals surface area contributed by atoms with Crippen LogP contribution >= 0.6 is 22.6 Å². The second kappa shape index (κ2) is 4.47. The Morgan fingerprint density at radius 1 is 1.62 bits per heavy atom. The maximum Gasteiger partial charge on any atom is 0.124 e. The van der Waals surface area contributed by atoms with E-state index in [-0.39, 0.29) is 5.82 Å². The molecule has 0 atom stereocenters. The Morgan fingerprint density at radius 2 is 2.31 bits per heavy atom. The highest BCUT2D eigenvalue weighted by molar-refractivity contribution is 14.1. The average Bonchev–Trinajstić information content (AvgIpc) is 2.04. The number of benzene rings is 1. The van der Waals surface area contributed by atoms with Gasteiger partial charge in [-0.3, -0.25) is 0 Å². The molecule has 3 heteroatoms. The Kier molecular flexibility index (Phi) is 3.55. The molecule has 0 bridgehead atoms. The molecule has 1 aromatic rings. The second-order valence-corrected chi connectivity index (χ2v) is 3.82. The van der Waals surface area contributed by atoms with Crippen LogP contribution in [-0.4, -0.2) is 13.6 Å². The minimum atomic E-state index is -0.220. The van der Waals surface area contributed by atoms with Crippen molar-refractivity contribution in [3.8, 4) is 12.3 Å². The predicted octanol–water partition coefficient (Wildman–Crippen LogP) is 2.50. The van der Waals surface area contributed by atoms with E-state index in [0.29, 0.717) is 6.54 Å². The van der Waals surface area contributed by atoms with Gasteiger partial charge in [0.1, 0.15) is 5.82 Å². The Labute approximate surface area is 91.1 Å². The molecule has 0 heterocycles. The van der Waals surface area contributed by atoms with Crippen LogP contribution < -0.4 is 4.90 Å². The van der Waals surface area contributed by atoms with Gasteiger partial charge in [-0.05, 0) is 40.8 Å². The number of hydrogen-bond donors (Lipinski definition) is 0. The van der Waals surface area contributed by atoms with Crippen molar-refractivity contribution in [1.82, 2.24) is 0 Å². The molecule has 0 aliphatic rings. The third kappa shape index (κ3) is 2.59. The van der Waals surface area contributed by atoms with E-state index in [4.69, 9.17) is 6.42 Å². The maximum atomic E-state index is 12.7. The van der Waals surface area contributed by atoms with Crippen molar-refractivity contribution in [1.29, 1.82) is 0 Å². The molecule has 1 aromatic carbocycles. The zero-order valence-corrected chi connectivity index (χ0v) is 9.38. The van der Waals surface area contributed by atoms with Gasteiger partial charge >= 0.3 is 0 Å². The normalized spacial score (nSPS) is 9.38. The Balaban J connectivity index is 2.96. The minimum Gasteiger partial charge on any atom is -0.363 e. The first-order valence-corrected chi connectivity index (χ1v) is 4.82. The summed E-state index contributed by atoms with van der Waals surface area (Å²) in [6.07, 6.45) is 5.18. The first-order chi connectivity index (χ1) is 6.15. The number of hydrogen-bond acceptors (Lipinski definition) is 1. The van der Waals surface area contributed by atoms with E-state index in [1.807, 2.05) is 11.9 Å². The van der Waals surface area contributed by atoms with Gasteiger partial charge in [-0.1, -0.05) is 5.92 Å². The summed E-state index contributed by atoms with van der Waals surface area (Å²) in [7, 11) is 1.88. The molecule has 1 nitrogen and oxygen atoms in total. The third-order valence-electron chi connectivity index (χ3n) is 1.65. The molecule has 0 fully saturated rings. The van der Waals surface area contributed by atoms with Crippen LogP contribution in [0.1, 0.15) is 0 Å². The van der Waals surface area contributed by atoms with Gasteiger partial charge in [-0.25, -0.2) is 4.39 Å². The van der Waals surface area contributed by atoms with Crippen molar-refractivity contribution in [3.63, 3.8) is 0 Å². The van der Waals surface area contributed by atoms with Gasteiger partial charge in [-0.2, -0.15) is 0 Å². The summed E-state index contributed by atoms with van der Waals surface area (Å²) in [5, 5.41) is 0. The molecule has 1 rings (SSSR count). The van der Waals surface area contributed by atoms with E-state index in [2.05, 4.69) is 28.5 Å². The predicted molar refractivity (Wildman–Crippen MR) is 61.2 cm³/mol. The van der Waals surface area contributed by atoms with E-state index in [9.17, 15) is 4.39 Å². The summed E-state index contributed by atoms with van der Waals surface area (Å²) in [5.41, 5.74) is 0.958. The van der Waals surface area contributed by atoms with E-state index in [0.717, 1.165) is 9.26 Å². The molecule has 0 spiro atoms. The van der Waals surface area contributed by atoms with Crippen LogP contribution in [-0.2, 0) is 0 Å². The molecule has 0 aromatic heterocycles. The van der Waals surface area contributed by atoms with Crippen molar-refractivity contribution >= 4 is 28.3 Å². The average molecular weight is 289 g/mol. The first-order valence-electron chi connectivity index (χ1n) is 3.75. The molecule has 0 radical (unpaired) electrons. The van der Waals surface area contributed by atoms with E-state index < -0.39 is 0 Å². The molecular formula is C10H9FIN. The lowest BCUT2D eigenvalue weighted by molar-refractivity contribution is 0.626. The van der Waals surface area contributed by atoms with E-state index in [1.54, 1.807) is 6.07 Å². The van der Waals surface area contributed by atoms with E-state index in [1.165, 1.54) is 12.1 Å². The van der Waals surface area contributed by atoms with Crippen LogP contribution in [0.4, 0.5) is 10.1 Å². The quantitative estimate of drug-likeness (QED) is 0.597. The largest absolute Gasteiger partial charge is 0.363 e. The SMILES string of the molecule is C#CCN(C)c1ccc(F)cc1I. The number of rotatable bonds is 2. The number of terminal acetylenes is 1. The molecule has 0 saturated heterocycles. The van der Waals surface area contributed by atoms with Gasteiger partial charge in [-0.15, -0.1) is 6.42 Å². The zero-order chi connectivity index (χ0) is 9.84. The van der Waals surface area contributed by atoms with Crippen molar-refractivity contribution in [3.05, 3.63) is 27.6 Å². The Bertz CT molecular complexity index is 343. The monoisotopic (exact) mass is 289 g/mol. The van der Waals surface area contributed by atoms with Crippen LogP contribution in [0.5, 0.6) is 0 Å². The summed E-state index contributed by atoms with van der Waals surface area (Å²) in [6.45, 7) is 0.529. The van der Waals surface area contributed by atoms with Crippen LogP contribution in [0.2, 0.25) is 0 Å². The Hall–Kier alpha value is -0.760. The summed E-state index contributed by atoms with van der Waals surface area (Å²) in [6, 6.07) is 4.65. The lowest BCUT2D eigenvalue weighted by Crippen LogP contribution is -2.18. The fourth-order valence-corrected chi connectivity index (χ4v) is 1.90. The van der Waals surface area contributed by atoms with Crippen molar-refractivity contribution in [2.45, 2.75) is 0 Å². The molecular weight excluding hydrogens is 280 g/mol. The van der Waals surface area contributed by atoms with Crippen molar-refractivity contribution < 1.29 is 4.39 Å². The number of anilines is 1. The topological polar surface area (TPSA) is 3.24 Å². The first kappa shape index (κ1) is 10.3. The molecule has 0 unspecified atom stereocenters. The smallest absolute Gasteiger partial charge is 0.124 e. The summed E-state index contributed by atoms with van der Waals surface area (Å²) in [5.74, 6) is 2.32. The molecule has 0 amide bonds. The van der Waals surface area contributed by atoms with Crippen LogP contribution in [0, 0.1) is 21.7 Å². The third-order valence-corrected chi connectivity index (χ3v) is 2.51. The van der Waals surface area contributed by atoms with Crippen molar-refractivity contribution in [2.75, 3.05) is 18.5 Å². The Morgan fingerprint density at radius 3 is 2.85 bits per heavy atom. The zero-order valence-electron chi connectivity index (χ0n) is 7.22. The van der Waals surface area contributed by atoms with Gasteiger partial charge in [0.2, 0.25) is 0 Å². The van der Waals surface area contributed by atoms with Gasteiger partial charge in [0, 0.05) is 10.6 Å². The lowest BCUT2D eigenvalue weighted by atomic mass is 10.3. The highest BCUT2D eigenvalue weighted by atomic mass is 127. The molecule has 0 N–H and O–H groups in total. The van der Waals surface area contributed by atoms with Gasteiger partial charge in [0.15, 0.2) is 0 Å². The lowest BCUT2D eigenvalue weighted by Gasteiger charge is -2.17. The highest BCUT2D eigenvalue weighted by Crippen LogP contribution is 2.21. The summed E-state index contributed by atoms with van der Waals surface area (Å²) in [4.78, 5) is 1.90. The van der Waals surface area contributed by atoms with Crippen LogP contribution in [0.15, 0.2) is 18.2 Å². The molecule has 0 saturated carbocycles. The molecule has 0 aliphatic carbocycles. The molecule has 68 valence electrons. The number of nitrogens with zero attached hydrogens (tertiary/aromatic N) is 1. The number of halogens is 2. The molecule has 0 aliphatic heterocycles. The maximum absolute atomic E-state index is 12.7. The highest BCUT2D eigenvalue weighted by Gasteiger charge is 2.04. The van der Waals surface area contributed by atoms with Gasteiger partial charge in [0.05, 0.1) is 12.2 Å². The van der Waals surface area contributed by atoms with Crippen LogP contribution in [0.25, 0.3) is 0 Å². The standard InChI is InChI=1S/C10H9FIN/c1-3-6-13(2)10-5-4-8(11)7-9(10)12/h1,4-5,7H,6H2,2H3. The minimum absolute atomic E-state index is 0.220. The second-order valence-electron chi connectivity index (χ2n) is 2.66.